The standard InChI is InChI=1S/C18H18Cl3NO3/c1-10(2)25-9-12-6-11(4-5-17(12)24-3)18(23)22-16-8-14(20)13(19)7-15(16)21/h4-8,10H,9H2,1-3H3,(H,22,23). The van der Waals surface area contributed by atoms with Crippen LogP contribution in [-0.2, 0) is 11.3 Å². The maximum Gasteiger partial charge on any atom is 0.255 e. The fourth-order valence-corrected chi connectivity index (χ4v) is 2.70. The first-order valence-electron chi connectivity index (χ1n) is 7.56. The lowest BCUT2D eigenvalue weighted by Crippen LogP contribution is -2.13. The van der Waals surface area contributed by atoms with Gasteiger partial charge in [-0.3, -0.25) is 4.79 Å². The summed E-state index contributed by atoms with van der Waals surface area (Å²) < 4.78 is 10.9. The maximum absolute atomic E-state index is 12.5. The number of halogens is 3. The zero-order chi connectivity index (χ0) is 18.6. The summed E-state index contributed by atoms with van der Waals surface area (Å²) in [7, 11) is 1.57. The molecule has 0 aliphatic rings. The molecule has 134 valence electrons. The topological polar surface area (TPSA) is 47.6 Å². The number of carbonyl (C=O) groups excluding carboxylic acids is 1. The van der Waals surface area contributed by atoms with Gasteiger partial charge in [-0.2, -0.15) is 0 Å². The van der Waals surface area contributed by atoms with Gasteiger partial charge in [-0.15, -0.1) is 0 Å². The first kappa shape index (κ1) is 19.9. The van der Waals surface area contributed by atoms with Crippen LogP contribution in [0.5, 0.6) is 5.75 Å². The van der Waals surface area contributed by atoms with Crippen molar-refractivity contribution in [3.05, 3.63) is 56.5 Å². The molecule has 4 nitrogen and oxygen atoms in total. The molecule has 0 saturated heterocycles. The molecule has 2 aromatic carbocycles. The minimum absolute atomic E-state index is 0.0669. The summed E-state index contributed by atoms with van der Waals surface area (Å²) >= 11 is 18.0. The summed E-state index contributed by atoms with van der Waals surface area (Å²) in [6, 6.07) is 8.11. The summed E-state index contributed by atoms with van der Waals surface area (Å²) in [6.45, 7) is 4.22. The molecule has 2 rings (SSSR count). The van der Waals surface area contributed by atoms with E-state index in [1.54, 1.807) is 25.3 Å². The van der Waals surface area contributed by atoms with Gasteiger partial charge in [0.15, 0.2) is 0 Å². The van der Waals surface area contributed by atoms with Gasteiger partial charge in [0, 0.05) is 11.1 Å². The van der Waals surface area contributed by atoms with Crippen molar-refractivity contribution in [3.8, 4) is 5.75 Å². The summed E-state index contributed by atoms with van der Waals surface area (Å²) in [5, 5.41) is 3.66. The molecule has 1 N–H and O–H groups in total. The third-order valence-electron chi connectivity index (χ3n) is 3.37. The zero-order valence-corrected chi connectivity index (χ0v) is 16.3. The number of rotatable bonds is 6. The van der Waals surface area contributed by atoms with Gasteiger partial charge in [0.1, 0.15) is 5.75 Å². The Bertz CT molecular complexity index is 778. The normalized spacial score (nSPS) is 10.8. The molecule has 0 aliphatic heterocycles. The summed E-state index contributed by atoms with van der Waals surface area (Å²) in [5.41, 5.74) is 1.62. The third-order valence-corrected chi connectivity index (χ3v) is 4.41. The number of hydrogen-bond acceptors (Lipinski definition) is 3. The van der Waals surface area contributed by atoms with Gasteiger partial charge in [0.2, 0.25) is 0 Å². The largest absolute Gasteiger partial charge is 0.496 e. The summed E-state index contributed by atoms with van der Waals surface area (Å²) in [6.07, 6.45) is 0.0669. The number of nitrogens with one attached hydrogen (secondary N) is 1. The maximum atomic E-state index is 12.5. The Kier molecular flexibility index (Phi) is 6.96. The van der Waals surface area contributed by atoms with E-state index in [1.165, 1.54) is 12.1 Å². The van der Waals surface area contributed by atoms with Gasteiger partial charge in [-0.05, 0) is 44.2 Å². The Morgan fingerprint density at radius 1 is 1.08 bits per heavy atom. The van der Waals surface area contributed by atoms with Crippen molar-refractivity contribution in [2.75, 3.05) is 12.4 Å². The van der Waals surface area contributed by atoms with Crippen molar-refractivity contribution in [2.45, 2.75) is 26.6 Å². The zero-order valence-electron chi connectivity index (χ0n) is 14.0. The van der Waals surface area contributed by atoms with E-state index in [9.17, 15) is 4.79 Å². The highest BCUT2D eigenvalue weighted by atomic mass is 35.5. The molecule has 0 unspecified atom stereocenters. The first-order valence-corrected chi connectivity index (χ1v) is 8.69. The Hall–Kier alpha value is -1.46. The highest BCUT2D eigenvalue weighted by molar-refractivity contribution is 6.44. The van der Waals surface area contributed by atoms with Crippen molar-refractivity contribution >= 4 is 46.4 Å². The van der Waals surface area contributed by atoms with Gasteiger partial charge in [-0.1, -0.05) is 34.8 Å². The molecule has 0 aromatic heterocycles. The highest BCUT2D eigenvalue weighted by Gasteiger charge is 2.14. The number of amides is 1. The van der Waals surface area contributed by atoms with E-state index in [1.807, 2.05) is 13.8 Å². The van der Waals surface area contributed by atoms with Crippen LogP contribution in [0.15, 0.2) is 30.3 Å². The van der Waals surface area contributed by atoms with Gasteiger partial charge in [-0.25, -0.2) is 0 Å². The van der Waals surface area contributed by atoms with Crippen molar-refractivity contribution in [2.24, 2.45) is 0 Å². The molecule has 2 aromatic rings. The fourth-order valence-electron chi connectivity index (χ4n) is 2.10. The van der Waals surface area contributed by atoms with Crippen LogP contribution in [0.3, 0.4) is 0 Å². The van der Waals surface area contributed by atoms with Crippen molar-refractivity contribution < 1.29 is 14.3 Å². The average molecular weight is 403 g/mol. The lowest BCUT2D eigenvalue weighted by molar-refractivity contribution is 0.0644. The van der Waals surface area contributed by atoms with E-state index in [0.29, 0.717) is 38.7 Å². The van der Waals surface area contributed by atoms with Crippen LogP contribution in [0.2, 0.25) is 15.1 Å². The Labute approximate surface area is 162 Å². The number of anilines is 1. The molecular weight excluding hydrogens is 385 g/mol. The van der Waals surface area contributed by atoms with Crippen molar-refractivity contribution in [1.29, 1.82) is 0 Å². The van der Waals surface area contributed by atoms with Crippen LogP contribution in [0.25, 0.3) is 0 Å². The van der Waals surface area contributed by atoms with E-state index < -0.39 is 0 Å². The van der Waals surface area contributed by atoms with Crippen molar-refractivity contribution in [3.63, 3.8) is 0 Å². The Morgan fingerprint density at radius 3 is 2.40 bits per heavy atom. The average Bonchev–Trinajstić information content (AvgIpc) is 2.57. The van der Waals surface area contributed by atoms with Crippen LogP contribution < -0.4 is 10.1 Å². The second-order valence-electron chi connectivity index (χ2n) is 5.59. The Morgan fingerprint density at radius 2 is 1.76 bits per heavy atom. The molecule has 0 bridgehead atoms. The number of ether oxygens (including phenoxy) is 2. The van der Waals surface area contributed by atoms with E-state index in [4.69, 9.17) is 44.3 Å². The van der Waals surface area contributed by atoms with Gasteiger partial charge in [0.25, 0.3) is 5.91 Å². The summed E-state index contributed by atoms with van der Waals surface area (Å²) in [4.78, 5) is 12.5. The molecular formula is C18H18Cl3NO3. The van der Waals surface area contributed by atoms with E-state index in [2.05, 4.69) is 5.32 Å². The molecule has 0 atom stereocenters. The molecule has 0 spiro atoms. The molecule has 0 radical (unpaired) electrons. The van der Waals surface area contributed by atoms with Gasteiger partial charge in [0.05, 0.1) is 40.6 Å². The quantitative estimate of drug-likeness (QED) is 0.618. The second kappa shape index (κ2) is 8.77. The first-order chi connectivity index (χ1) is 11.8. The molecule has 7 heteroatoms. The smallest absolute Gasteiger partial charge is 0.255 e. The SMILES string of the molecule is COc1ccc(C(=O)Nc2cc(Cl)c(Cl)cc2Cl)cc1COC(C)C. The fraction of sp³-hybridized carbons (Fsp3) is 0.278. The van der Waals surface area contributed by atoms with Crippen molar-refractivity contribution in [1.82, 2.24) is 0 Å². The van der Waals surface area contributed by atoms with Gasteiger partial charge < -0.3 is 14.8 Å². The molecule has 0 aliphatic carbocycles. The monoisotopic (exact) mass is 401 g/mol. The highest BCUT2D eigenvalue weighted by Crippen LogP contribution is 2.32. The summed E-state index contributed by atoms with van der Waals surface area (Å²) in [5.74, 6) is 0.332. The third kappa shape index (κ3) is 5.25. The van der Waals surface area contributed by atoms with Crippen LogP contribution in [-0.4, -0.2) is 19.1 Å². The van der Waals surface area contributed by atoms with Crippen LogP contribution in [0.1, 0.15) is 29.8 Å². The lowest BCUT2D eigenvalue weighted by Gasteiger charge is -2.13. The molecule has 0 heterocycles. The molecule has 1 amide bonds. The predicted octanol–water partition coefficient (Wildman–Crippen LogP) is 5.83. The predicted molar refractivity (Wildman–Crippen MR) is 102 cm³/mol. The lowest BCUT2D eigenvalue weighted by atomic mass is 10.1. The van der Waals surface area contributed by atoms with E-state index in [-0.39, 0.29) is 12.0 Å². The molecule has 0 saturated carbocycles. The molecule has 0 fully saturated rings. The minimum atomic E-state index is -0.325. The number of methoxy groups -OCH3 is 1. The minimum Gasteiger partial charge on any atom is -0.496 e. The second-order valence-corrected chi connectivity index (χ2v) is 6.81. The number of hydrogen-bond donors (Lipinski definition) is 1. The van der Waals surface area contributed by atoms with Crippen LogP contribution >= 0.6 is 34.8 Å². The van der Waals surface area contributed by atoms with Gasteiger partial charge >= 0.3 is 0 Å². The number of benzene rings is 2. The number of carbonyl (C=O) groups is 1. The van der Waals surface area contributed by atoms with E-state index >= 15 is 0 Å². The Balaban J connectivity index is 2.24. The van der Waals surface area contributed by atoms with Crippen LogP contribution in [0.4, 0.5) is 5.69 Å². The van der Waals surface area contributed by atoms with E-state index in [0.717, 1.165) is 5.56 Å². The van der Waals surface area contributed by atoms with Crippen LogP contribution in [0, 0.1) is 0 Å². The molecule has 25 heavy (non-hydrogen) atoms.